The molecule has 3 aromatic heterocycles. The largest absolute Gasteiger partial charge is 0.508 e. The van der Waals surface area contributed by atoms with Crippen LogP contribution in [0.5, 0.6) is 11.8 Å². The highest BCUT2D eigenvalue weighted by Crippen LogP contribution is 2.54. The molecule has 372 valence electrons. The number of benzene rings is 2. The number of amides is 3. The van der Waals surface area contributed by atoms with Crippen LogP contribution in [0.25, 0.3) is 33.1 Å². The van der Waals surface area contributed by atoms with E-state index in [1.54, 1.807) is 34.1 Å². The monoisotopic (exact) mass is 967 g/mol. The van der Waals surface area contributed by atoms with Crippen molar-refractivity contribution in [1.29, 1.82) is 0 Å². The Hall–Kier alpha value is -5.98. The fourth-order valence-electron chi connectivity index (χ4n) is 13.5. The van der Waals surface area contributed by atoms with Gasteiger partial charge in [0.25, 0.3) is 5.91 Å². The molecule has 5 saturated heterocycles. The fraction of sp³-hybridized carbons (Fsp3) is 0.566. The van der Waals surface area contributed by atoms with Crippen molar-refractivity contribution in [2.45, 2.75) is 102 Å². The number of anilines is 2. The molecule has 0 radical (unpaired) electrons. The molecule has 13 rings (SSSR count). The average molecular weight is 967 g/mol. The number of piperazine rings is 2. The summed E-state index contributed by atoms with van der Waals surface area (Å²) in [6, 6.07) is 9.57. The number of aryl methyl sites for hydroxylation is 1. The van der Waals surface area contributed by atoms with Crippen LogP contribution in [0.4, 0.5) is 15.9 Å². The SMILES string of the molecule is CCn1ncc2cc(O)cc(-c3ncc4c(N5CC6CCC(C5)N6)nc(OCC5(CN6CCC7(CC6)CC(CN6CCN(c8ccc9c(c8)CN([C@H]8CCC(=O)NC8=O)C9=O)CC6)C7)CC5)nc4c3F)c21. The number of nitrogens with zero attached hydrogens (tertiary/aromatic N) is 10. The first-order valence-electron chi connectivity index (χ1n) is 26.1. The van der Waals surface area contributed by atoms with Crippen LogP contribution in [0.1, 0.15) is 87.1 Å². The molecule has 18 heteroatoms. The van der Waals surface area contributed by atoms with Gasteiger partial charge in [0.15, 0.2) is 5.82 Å². The molecule has 3 N–H and O–H groups in total. The Balaban J connectivity index is 0.618. The minimum Gasteiger partial charge on any atom is -0.508 e. The van der Waals surface area contributed by atoms with E-state index in [1.165, 1.54) is 25.7 Å². The average Bonchev–Trinajstić information content (AvgIpc) is 3.68. The van der Waals surface area contributed by atoms with Gasteiger partial charge in [-0.3, -0.25) is 34.3 Å². The number of rotatable bonds is 12. The maximum absolute atomic E-state index is 17.1. The smallest absolute Gasteiger partial charge is 0.319 e. The highest BCUT2D eigenvalue weighted by Gasteiger charge is 2.50. The topological polar surface area (TPSA) is 177 Å². The van der Waals surface area contributed by atoms with E-state index >= 15 is 4.39 Å². The van der Waals surface area contributed by atoms with Crippen molar-refractivity contribution < 1.29 is 28.6 Å². The van der Waals surface area contributed by atoms with Gasteiger partial charge < -0.3 is 34.8 Å². The highest BCUT2D eigenvalue weighted by molar-refractivity contribution is 6.05. The van der Waals surface area contributed by atoms with Crippen molar-refractivity contribution in [3.05, 3.63) is 59.7 Å². The molecule has 9 heterocycles. The molecule has 5 aromatic rings. The number of phenols is 1. The van der Waals surface area contributed by atoms with Gasteiger partial charge in [0, 0.05) is 118 Å². The predicted molar refractivity (Wildman–Crippen MR) is 265 cm³/mol. The lowest BCUT2D eigenvalue weighted by Crippen LogP contribution is -2.53. The van der Waals surface area contributed by atoms with E-state index < -0.39 is 11.9 Å². The molecule has 17 nitrogen and oxygen atoms in total. The third-order valence-corrected chi connectivity index (χ3v) is 17.6. The van der Waals surface area contributed by atoms with Crippen LogP contribution in [0, 0.1) is 22.6 Å². The summed E-state index contributed by atoms with van der Waals surface area (Å²) in [4.78, 5) is 63.5. The lowest BCUT2D eigenvalue weighted by molar-refractivity contribution is -0.136. The molecule has 2 unspecified atom stereocenters. The van der Waals surface area contributed by atoms with Crippen LogP contribution in [0.2, 0.25) is 0 Å². The number of halogens is 1. The van der Waals surface area contributed by atoms with Gasteiger partial charge in [-0.1, -0.05) is 0 Å². The summed E-state index contributed by atoms with van der Waals surface area (Å²) in [6.45, 7) is 13.3. The minimum absolute atomic E-state index is 0.0188. The Morgan fingerprint density at radius 1 is 0.873 bits per heavy atom. The van der Waals surface area contributed by atoms with E-state index in [0.29, 0.717) is 76.8 Å². The lowest BCUT2D eigenvalue weighted by atomic mass is 9.57. The van der Waals surface area contributed by atoms with Gasteiger partial charge in [0.05, 0.1) is 23.7 Å². The number of fused-ring (bicyclic) bond motifs is 5. The number of phenolic OH excluding ortho intramolecular Hbond substituents is 1. The number of nitrogens with one attached hydrogen (secondary N) is 2. The Bertz CT molecular complexity index is 2940. The van der Waals surface area contributed by atoms with Crippen molar-refractivity contribution >= 4 is 51.0 Å². The van der Waals surface area contributed by atoms with Crippen molar-refractivity contribution in [3.63, 3.8) is 0 Å². The number of likely N-dealkylation sites (tertiary alicyclic amines) is 1. The van der Waals surface area contributed by atoms with Crippen molar-refractivity contribution in [2.75, 3.05) is 81.9 Å². The van der Waals surface area contributed by atoms with E-state index in [9.17, 15) is 19.5 Å². The maximum atomic E-state index is 17.1. The molecule has 71 heavy (non-hydrogen) atoms. The van der Waals surface area contributed by atoms with Gasteiger partial charge in [-0.2, -0.15) is 15.1 Å². The van der Waals surface area contributed by atoms with Crippen molar-refractivity contribution in [1.82, 2.24) is 50.1 Å². The Labute approximate surface area is 412 Å². The number of aromatic hydroxyl groups is 1. The first-order chi connectivity index (χ1) is 34.5. The number of pyridine rings is 1. The molecule has 3 atom stereocenters. The zero-order chi connectivity index (χ0) is 48.2. The Morgan fingerprint density at radius 3 is 2.41 bits per heavy atom. The van der Waals surface area contributed by atoms with Crippen molar-refractivity contribution in [3.8, 4) is 23.0 Å². The molecule has 2 aliphatic carbocycles. The highest BCUT2D eigenvalue weighted by atomic mass is 19.1. The summed E-state index contributed by atoms with van der Waals surface area (Å²) in [5.74, 6) is 0.0668. The standard InChI is InChI=1S/C53H63FN12O5/c1-2-66-47-33(24-56-66)20-38(67)21-40(47)45-44(54)46-41(25-55-45)48(64-28-35-3-4-36(29-64)57-35)60-51(59-46)71-31-53(9-10-53)30-62-13-11-52(12-14-62)22-32(23-52)26-61-15-17-63(18-16-61)37-5-6-39-34(19-37)27-65(50(39)70)42-7-8-43(68)58-49(42)69/h5-6,19-21,24-25,32,35-36,42,57,67H,2-4,7-18,22-23,26-31H2,1H3,(H,58,68,69)/t35?,36?,42-/m0/s1. The molecule has 8 aliphatic rings. The van der Waals surface area contributed by atoms with Gasteiger partial charge >= 0.3 is 6.01 Å². The number of hydrogen-bond donors (Lipinski definition) is 3. The lowest BCUT2D eigenvalue weighted by Gasteiger charge is -2.54. The quantitative estimate of drug-likeness (QED) is 0.141. The van der Waals surface area contributed by atoms with Crippen LogP contribution in [-0.4, -0.2) is 152 Å². The van der Waals surface area contributed by atoms with E-state index in [1.807, 2.05) is 19.1 Å². The molecular weight excluding hydrogens is 904 g/mol. The van der Waals surface area contributed by atoms with Gasteiger partial charge in [-0.05, 0) is 125 Å². The Kier molecular flexibility index (Phi) is 11.0. The van der Waals surface area contributed by atoms with Crippen LogP contribution < -0.4 is 25.2 Å². The molecule has 6 aliphatic heterocycles. The second kappa shape index (κ2) is 17.4. The van der Waals surface area contributed by atoms with E-state index in [0.717, 1.165) is 108 Å². The molecule has 1 spiro atoms. The molecule has 2 bridgehead atoms. The summed E-state index contributed by atoms with van der Waals surface area (Å²) >= 11 is 0. The van der Waals surface area contributed by atoms with Gasteiger partial charge in [-0.25, -0.2) is 4.39 Å². The summed E-state index contributed by atoms with van der Waals surface area (Å²) in [5, 5.41) is 22.5. The first-order valence-corrected chi connectivity index (χ1v) is 26.1. The number of piperidine rings is 2. The molecule has 2 saturated carbocycles. The summed E-state index contributed by atoms with van der Waals surface area (Å²) in [5.41, 5.74) is 4.68. The summed E-state index contributed by atoms with van der Waals surface area (Å²) < 4.78 is 25.4. The number of ether oxygens (including phenoxy) is 1. The summed E-state index contributed by atoms with van der Waals surface area (Å²) in [6.07, 6.45) is 13.4. The number of carbonyl (C=O) groups is 3. The number of hydrogen-bond acceptors (Lipinski definition) is 14. The second-order valence-corrected chi connectivity index (χ2v) is 22.3. The molecule has 3 amide bonds. The third-order valence-electron chi connectivity index (χ3n) is 17.6. The number of aromatic nitrogens is 5. The van der Waals surface area contributed by atoms with E-state index in [4.69, 9.17) is 14.7 Å². The third kappa shape index (κ3) is 8.23. The zero-order valence-electron chi connectivity index (χ0n) is 40.5. The van der Waals surface area contributed by atoms with Crippen LogP contribution in [0.3, 0.4) is 0 Å². The second-order valence-electron chi connectivity index (χ2n) is 22.3. The minimum atomic E-state index is -0.599. The molecular formula is C53H63FN12O5. The van der Waals surface area contributed by atoms with Gasteiger partial charge in [0.2, 0.25) is 11.8 Å². The van der Waals surface area contributed by atoms with Gasteiger partial charge in [0.1, 0.15) is 28.8 Å². The first kappa shape index (κ1) is 44.9. The molecule has 7 fully saturated rings. The number of imide groups is 1. The molecule has 2 aromatic carbocycles. The van der Waals surface area contributed by atoms with Gasteiger partial charge in [-0.15, -0.1) is 0 Å². The number of carbonyl (C=O) groups excluding carboxylic acids is 3. The summed E-state index contributed by atoms with van der Waals surface area (Å²) in [7, 11) is 0. The van der Waals surface area contributed by atoms with E-state index in [2.05, 4.69) is 46.4 Å². The zero-order valence-corrected chi connectivity index (χ0v) is 40.5. The van der Waals surface area contributed by atoms with Crippen molar-refractivity contribution in [2.24, 2.45) is 16.7 Å². The van der Waals surface area contributed by atoms with Crippen LogP contribution >= 0.6 is 0 Å². The fourth-order valence-corrected chi connectivity index (χ4v) is 13.5. The van der Waals surface area contributed by atoms with Crippen LogP contribution in [0.15, 0.2) is 42.7 Å². The maximum Gasteiger partial charge on any atom is 0.319 e. The predicted octanol–water partition coefficient (Wildman–Crippen LogP) is 5.08. The van der Waals surface area contributed by atoms with E-state index in [-0.39, 0.29) is 52.5 Å². The van der Waals surface area contributed by atoms with Crippen LogP contribution in [-0.2, 0) is 22.7 Å². The normalized spacial score (nSPS) is 25.4. The Morgan fingerprint density at radius 2 is 1.66 bits per heavy atom.